The first-order valence-electron chi connectivity index (χ1n) is 9.17. The lowest BCUT2D eigenvalue weighted by atomic mass is 9.95. The van der Waals surface area contributed by atoms with Gasteiger partial charge >= 0.3 is 15.6 Å². The van der Waals surface area contributed by atoms with Gasteiger partial charge in [-0.25, -0.2) is 24.1 Å². The Labute approximate surface area is 186 Å². The number of allylic oxidation sites excluding steroid dienone is 1. The van der Waals surface area contributed by atoms with Gasteiger partial charge in [0.2, 0.25) is 0 Å². The summed E-state index contributed by atoms with van der Waals surface area (Å²) in [6, 6.07) is 0. The third kappa shape index (κ3) is 6.62. The Hall–Kier alpha value is -1.81. The van der Waals surface area contributed by atoms with Gasteiger partial charge in [0.15, 0.2) is 17.2 Å². The molecule has 2 aromatic rings. The topological polar surface area (TPSA) is 264 Å². The first kappa shape index (κ1) is 27.4. The van der Waals surface area contributed by atoms with E-state index in [0.717, 1.165) is 5.57 Å². The Bertz CT molecular complexity index is 1070. The van der Waals surface area contributed by atoms with Crippen LogP contribution >= 0.6 is 15.6 Å². The number of nitrogens with two attached hydrogens (primary N) is 1. The fraction of sp³-hybridized carbons (Fsp3) is 0.533. The number of nitrogens with zero attached hydrogens (tertiary/aromatic N) is 4. The van der Waals surface area contributed by atoms with Crippen molar-refractivity contribution in [2.45, 2.75) is 43.8 Å². The van der Waals surface area contributed by atoms with E-state index in [-0.39, 0.29) is 5.82 Å². The molecule has 1 fully saturated rings. The maximum Gasteiger partial charge on any atom is 0.478 e. The Balaban J connectivity index is 0.000000365. The molecule has 0 radical (unpaired) electrons. The second kappa shape index (κ2) is 10.2. The quantitative estimate of drug-likeness (QED) is 0.158. The maximum absolute atomic E-state index is 10.7. The van der Waals surface area contributed by atoms with Crippen molar-refractivity contribution in [3.8, 4) is 0 Å². The number of imidazole rings is 1. The molecule has 0 saturated carbocycles. The lowest BCUT2D eigenvalue weighted by Crippen LogP contribution is -2.45. The Kier molecular flexibility index (Phi) is 8.49. The molecule has 1 aliphatic heterocycles. The third-order valence-corrected chi connectivity index (χ3v) is 6.30. The molecule has 0 aromatic carbocycles. The summed E-state index contributed by atoms with van der Waals surface area (Å²) in [5.74, 6) is 0.209. The number of anilines is 1. The van der Waals surface area contributed by atoms with E-state index in [1.807, 2.05) is 6.92 Å². The van der Waals surface area contributed by atoms with E-state index in [1.54, 1.807) is 4.57 Å². The first-order valence-corrected chi connectivity index (χ1v) is 12.2. The zero-order valence-electron chi connectivity index (χ0n) is 17.2. The van der Waals surface area contributed by atoms with Crippen LogP contribution in [0.2, 0.25) is 0 Å². The van der Waals surface area contributed by atoms with Crippen LogP contribution in [0, 0.1) is 0 Å². The molecule has 186 valence electrons. The fourth-order valence-electron chi connectivity index (χ4n) is 3.20. The Morgan fingerprint density at radius 1 is 1.24 bits per heavy atom. The van der Waals surface area contributed by atoms with Crippen LogP contribution in [0.1, 0.15) is 19.8 Å². The number of hydrogen-bond acceptors (Lipinski definition) is 11. The van der Waals surface area contributed by atoms with Crippen LogP contribution < -0.4 is 5.73 Å². The molecular formula is C15H25N5O11P2. The van der Waals surface area contributed by atoms with Gasteiger partial charge in [-0.2, -0.15) is 4.31 Å². The molecule has 18 heteroatoms. The molecule has 0 bridgehead atoms. The third-order valence-electron chi connectivity index (χ3n) is 4.59. The summed E-state index contributed by atoms with van der Waals surface area (Å²) in [5, 5.41) is 30.4. The standard InChI is InChI=1S/C15H21N5O4.H4O7P2/c1-8(2)3-4-15(12(23)11(22)9(5-21)24-15)20-7-19-10-13(16)17-6-18-14(10)20;1-8(2,3)7-9(4,5)6/h6-7,9,11-12,21-23H,1,3-5H2,2H3,(H2,16,17,18);(H2,1,2,3)(H2,4,5,6)/t9-,11-,12-,15-;/m1./s1. The Morgan fingerprint density at radius 3 is 2.30 bits per heavy atom. The zero-order valence-corrected chi connectivity index (χ0v) is 19.0. The van der Waals surface area contributed by atoms with E-state index >= 15 is 0 Å². The highest BCUT2D eigenvalue weighted by Gasteiger charge is 2.55. The van der Waals surface area contributed by atoms with Gasteiger partial charge < -0.3 is 45.4 Å². The number of rotatable bonds is 7. The van der Waals surface area contributed by atoms with Crippen molar-refractivity contribution in [3.05, 3.63) is 24.8 Å². The van der Waals surface area contributed by atoms with Crippen LogP contribution in [-0.2, 0) is 23.9 Å². The van der Waals surface area contributed by atoms with Crippen LogP contribution in [0.5, 0.6) is 0 Å². The molecule has 0 amide bonds. The van der Waals surface area contributed by atoms with Crippen molar-refractivity contribution in [1.82, 2.24) is 19.5 Å². The van der Waals surface area contributed by atoms with Gasteiger partial charge in [0.25, 0.3) is 0 Å². The first-order chi connectivity index (χ1) is 15.1. The summed E-state index contributed by atoms with van der Waals surface area (Å²) < 4.78 is 29.7. The summed E-state index contributed by atoms with van der Waals surface area (Å²) in [7, 11) is -10.1. The minimum Gasteiger partial charge on any atom is -0.394 e. The summed E-state index contributed by atoms with van der Waals surface area (Å²) in [6.45, 7) is 5.31. The molecule has 9 N–H and O–H groups in total. The fourth-order valence-corrected chi connectivity index (χ4v) is 4.31. The highest BCUT2D eigenvalue weighted by molar-refractivity contribution is 7.60. The van der Waals surface area contributed by atoms with Crippen molar-refractivity contribution in [2.24, 2.45) is 0 Å². The predicted molar refractivity (Wildman–Crippen MR) is 111 cm³/mol. The highest BCUT2D eigenvalue weighted by Crippen LogP contribution is 2.53. The number of hydrogen-bond donors (Lipinski definition) is 8. The van der Waals surface area contributed by atoms with Crippen LogP contribution in [0.3, 0.4) is 0 Å². The summed E-state index contributed by atoms with van der Waals surface area (Å²) >= 11 is 0. The van der Waals surface area contributed by atoms with Crippen LogP contribution in [-0.4, -0.2) is 79.3 Å². The number of aliphatic hydroxyl groups excluding tert-OH is 3. The van der Waals surface area contributed by atoms with E-state index in [9.17, 15) is 24.4 Å². The number of nitrogen functional groups attached to an aromatic ring is 1. The summed E-state index contributed by atoms with van der Waals surface area (Å²) in [6.07, 6.45) is 0.184. The minimum absolute atomic E-state index is 0.209. The van der Waals surface area contributed by atoms with Gasteiger partial charge in [-0.3, -0.25) is 4.57 Å². The monoisotopic (exact) mass is 513 g/mol. The lowest BCUT2D eigenvalue weighted by molar-refractivity contribution is -0.150. The van der Waals surface area contributed by atoms with Crippen LogP contribution in [0.15, 0.2) is 24.8 Å². The van der Waals surface area contributed by atoms with E-state index in [1.165, 1.54) is 12.7 Å². The molecule has 0 unspecified atom stereocenters. The molecule has 33 heavy (non-hydrogen) atoms. The lowest BCUT2D eigenvalue weighted by Gasteiger charge is -2.34. The zero-order chi connectivity index (χ0) is 25.2. The van der Waals surface area contributed by atoms with E-state index in [4.69, 9.17) is 30.0 Å². The largest absolute Gasteiger partial charge is 0.478 e. The van der Waals surface area contributed by atoms with Gasteiger partial charge in [-0.1, -0.05) is 5.57 Å². The van der Waals surface area contributed by atoms with E-state index < -0.39 is 46.3 Å². The summed E-state index contributed by atoms with van der Waals surface area (Å²) in [5.41, 5.74) is 6.14. The van der Waals surface area contributed by atoms with Gasteiger partial charge in [0.1, 0.15) is 30.2 Å². The summed E-state index contributed by atoms with van der Waals surface area (Å²) in [4.78, 5) is 43.3. The molecule has 0 spiro atoms. The van der Waals surface area contributed by atoms with Gasteiger partial charge in [0.05, 0.1) is 12.9 Å². The number of aliphatic hydroxyl groups is 3. The Morgan fingerprint density at radius 2 is 1.85 bits per heavy atom. The average molecular weight is 513 g/mol. The van der Waals surface area contributed by atoms with Crippen molar-refractivity contribution in [1.29, 1.82) is 0 Å². The van der Waals surface area contributed by atoms with Crippen molar-refractivity contribution in [2.75, 3.05) is 12.3 Å². The molecular weight excluding hydrogens is 488 g/mol. The van der Waals surface area contributed by atoms with Gasteiger partial charge in [-0.05, 0) is 13.3 Å². The second-order valence-electron chi connectivity index (χ2n) is 7.18. The molecule has 4 atom stereocenters. The second-order valence-corrected chi connectivity index (χ2v) is 9.80. The molecule has 16 nitrogen and oxygen atoms in total. The number of fused-ring (bicyclic) bond motifs is 1. The van der Waals surface area contributed by atoms with Crippen LogP contribution in [0.4, 0.5) is 5.82 Å². The van der Waals surface area contributed by atoms with Crippen molar-refractivity contribution >= 4 is 32.6 Å². The van der Waals surface area contributed by atoms with Crippen molar-refractivity contribution < 1.29 is 53.1 Å². The smallest absolute Gasteiger partial charge is 0.394 e. The number of phosphoric acid groups is 2. The normalized spacial score (nSPS) is 25.6. The van der Waals surface area contributed by atoms with E-state index in [0.29, 0.717) is 24.0 Å². The molecule has 0 aliphatic carbocycles. The highest BCUT2D eigenvalue weighted by atomic mass is 31.3. The molecule has 1 saturated heterocycles. The predicted octanol–water partition coefficient (Wildman–Crippen LogP) is -1.28. The molecule has 1 aliphatic rings. The molecule has 3 rings (SSSR count). The number of aromatic nitrogens is 4. The average Bonchev–Trinajstić information content (AvgIpc) is 3.20. The van der Waals surface area contributed by atoms with Crippen molar-refractivity contribution in [3.63, 3.8) is 0 Å². The molecule has 3 heterocycles. The molecule has 2 aromatic heterocycles. The van der Waals surface area contributed by atoms with Gasteiger partial charge in [0, 0.05) is 6.42 Å². The maximum atomic E-state index is 10.7. The number of ether oxygens (including phenoxy) is 1. The van der Waals surface area contributed by atoms with Gasteiger partial charge in [-0.15, -0.1) is 6.58 Å². The van der Waals surface area contributed by atoms with E-state index in [2.05, 4.69) is 25.8 Å². The van der Waals surface area contributed by atoms with Crippen LogP contribution in [0.25, 0.3) is 11.2 Å². The SMILES string of the molecule is C=C(C)CC[C@@]1(n2cnc3c(N)ncnc32)O[C@H](CO)[C@@H](O)[C@H]1O.O=P(O)(O)OP(=O)(O)O. The minimum atomic E-state index is -5.05.